The highest BCUT2D eigenvalue weighted by atomic mass is 19.4. The van der Waals surface area contributed by atoms with E-state index in [1.54, 1.807) is 30.3 Å². The number of alkyl halides is 3. The molecule has 0 radical (unpaired) electrons. The first-order chi connectivity index (χ1) is 14.3. The second-order valence-corrected chi connectivity index (χ2v) is 7.37. The Labute approximate surface area is 173 Å². The zero-order valence-corrected chi connectivity index (χ0v) is 16.4. The molecule has 0 saturated heterocycles. The number of anilines is 2. The van der Waals surface area contributed by atoms with Crippen molar-refractivity contribution in [2.45, 2.75) is 50.7 Å². The molecule has 8 heteroatoms. The maximum Gasteiger partial charge on any atom is 0.418 e. The van der Waals surface area contributed by atoms with Gasteiger partial charge in [-0.2, -0.15) is 13.2 Å². The summed E-state index contributed by atoms with van der Waals surface area (Å²) in [6.45, 7) is 0. The average molecular weight is 419 g/mol. The van der Waals surface area contributed by atoms with Crippen LogP contribution in [-0.4, -0.2) is 18.0 Å². The first-order valence-corrected chi connectivity index (χ1v) is 9.98. The van der Waals surface area contributed by atoms with Crippen molar-refractivity contribution in [3.8, 4) is 0 Å². The lowest BCUT2D eigenvalue weighted by Gasteiger charge is -2.19. The summed E-state index contributed by atoms with van der Waals surface area (Å²) < 4.78 is 40.7. The van der Waals surface area contributed by atoms with Crippen LogP contribution in [-0.2, 0) is 6.18 Å². The summed E-state index contributed by atoms with van der Waals surface area (Å²) in [6, 6.07) is 10.8. The lowest BCUT2D eigenvalue weighted by Crippen LogP contribution is -2.38. The van der Waals surface area contributed by atoms with Crippen LogP contribution >= 0.6 is 0 Å². The third-order valence-corrected chi connectivity index (χ3v) is 5.06. The largest absolute Gasteiger partial charge is 0.418 e. The number of halogens is 3. The molecule has 160 valence electrons. The lowest BCUT2D eigenvalue weighted by molar-refractivity contribution is -0.136. The molecule has 3 amide bonds. The van der Waals surface area contributed by atoms with Crippen molar-refractivity contribution in [2.24, 2.45) is 0 Å². The number of benzene rings is 2. The molecule has 0 atom stereocenters. The van der Waals surface area contributed by atoms with Crippen LogP contribution in [0.5, 0.6) is 0 Å². The molecule has 2 aromatic rings. The summed E-state index contributed by atoms with van der Waals surface area (Å²) in [5.41, 5.74) is -1.06. The SMILES string of the molecule is O=C(Nc1ccc(NC(=O)c2ccccc2)cc1C(F)(F)F)NC1CCCCCC1. The number of hydrogen-bond donors (Lipinski definition) is 3. The van der Waals surface area contributed by atoms with Gasteiger partial charge in [0.15, 0.2) is 0 Å². The number of urea groups is 1. The van der Waals surface area contributed by atoms with Gasteiger partial charge in [-0.15, -0.1) is 0 Å². The van der Waals surface area contributed by atoms with Crippen molar-refractivity contribution in [3.63, 3.8) is 0 Å². The standard InChI is InChI=1S/C22H24F3N3O2/c23-22(24,25)18-14-17(26-20(29)15-8-4-3-5-9-15)12-13-19(18)28-21(30)27-16-10-6-1-2-7-11-16/h3-5,8-9,12-14,16H,1-2,6-7,10-11H2,(H,26,29)(H2,27,28,30). The maximum absolute atomic E-state index is 13.6. The highest BCUT2D eigenvalue weighted by Crippen LogP contribution is 2.36. The summed E-state index contributed by atoms with van der Waals surface area (Å²) in [5.74, 6) is -0.518. The molecule has 0 aromatic heterocycles. The molecule has 0 spiro atoms. The van der Waals surface area contributed by atoms with Crippen molar-refractivity contribution in [2.75, 3.05) is 10.6 Å². The summed E-state index contributed by atoms with van der Waals surface area (Å²) >= 11 is 0. The maximum atomic E-state index is 13.6. The monoisotopic (exact) mass is 419 g/mol. The Morgan fingerprint density at radius 2 is 1.53 bits per heavy atom. The second-order valence-electron chi connectivity index (χ2n) is 7.37. The van der Waals surface area contributed by atoms with Gasteiger partial charge in [-0.1, -0.05) is 43.9 Å². The van der Waals surface area contributed by atoms with Gasteiger partial charge in [0.1, 0.15) is 0 Å². The smallest absolute Gasteiger partial charge is 0.335 e. The number of carbonyl (C=O) groups excluding carboxylic acids is 2. The van der Waals surface area contributed by atoms with E-state index in [2.05, 4.69) is 16.0 Å². The first kappa shape index (κ1) is 21.7. The van der Waals surface area contributed by atoms with Gasteiger partial charge >= 0.3 is 12.2 Å². The van der Waals surface area contributed by atoms with Crippen molar-refractivity contribution < 1.29 is 22.8 Å². The van der Waals surface area contributed by atoms with Gasteiger partial charge in [0, 0.05) is 17.3 Å². The van der Waals surface area contributed by atoms with E-state index in [-0.39, 0.29) is 17.4 Å². The average Bonchev–Trinajstić information content (AvgIpc) is 2.97. The number of nitrogens with one attached hydrogen (secondary N) is 3. The minimum atomic E-state index is -4.70. The predicted octanol–water partition coefficient (Wildman–Crippen LogP) is 5.80. The summed E-state index contributed by atoms with van der Waals surface area (Å²) in [5, 5.41) is 7.54. The number of rotatable bonds is 4. The molecule has 2 aromatic carbocycles. The number of amides is 3. The molecule has 0 unspecified atom stereocenters. The Morgan fingerprint density at radius 1 is 0.867 bits per heavy atom. The van der Waals surface area contributed by atoms with Crippen LogP contribution in [0.3, 0.4) is 0 Å². The topological polar surface area (TPSA) is 70.2 Å². The molecule has 30 heavy (non-hydrogen) atoms. The van der Waals surface area contributed by atoms with Crippen LogP contribution in [0.15, 0.2) is 48.5 Å². The van der Waals surface area contributed by atoms with Crippen LogP contribution in [0.25, 0.3) is 0 Å². The molecule has 3 rings (SSSR count). The van der Waals surface area contributed by atoms with Crippen molar-refractivity contribution in [1.29, 1.82) is 0 Å². The van der Waals surface area contributed by atoms with E-state index in [0.717, 1.165) is 50.7 Å². The summed E-state index contributed by atoms with van der Waals surface area (Å²) in [7, 11) is 0. The van der Waals surface area contributed by atoms with Crippen LogP contribution in [0, 0.1) is 0 Å². The van der Waals surface area contributed by atoms with E-state index in [0.29, 0.717) is 5.56 Å². The second kappa shape index (κ2) is 9.65. The fourth-order valence-corrected chi connectivity index (χ4v) is 3.53. The molecule has 1 saturated carbocycles. The van der Waals surface area contributed by atoms with Crippen LogP contribution in [0.1, 0.15) is 54.4 Å². The van der Waals surface area contributed by atoms with Crippen LogP contribution in [0.4, 0.5) is 29.3 Å². The predicted molar refractivity (Wildman–Crippen MR) is 109 cm³/mol. The Kier molecular flexibility index (Phi) is 6.97. The molecular formula is C22H24F3N3O2. The zero-order valence-electron chi connectivity index (χ0n) is 16.4. The normalized spacial score (nSPS) is 15.2. The minimum absolute atomic E-state index is 0.00842. The molecule has 1 aliphatic rings. The summed E-state index contributed by atoms with van der Waals surface area (Å²) in [4.78, 5) is 24.5. The quantitative estimate of drug-likeness (QED) is 0.548. The van der Waals surface area contributed by atoms with E-state index in [1.165, 1.54) is 6.07 Å². The molecular weight excluding hydrogens is 395 g/mol. The molecule has 1 fully saturated rings. The third-order valence-electron chi connectivity index (χ3n) is 5.06. The fraction of sp³-hybridized carbons (Fsp3) is 0.364. The van der Waals surface area contributed by atoms with Crippen molar-refractivity contribution in [1.82, 2.24) is 5.32 Å². The minimum Gasteiger partial charge on any atom is -0.335 e. The van der Waals surface area contributed by atoms with Crippen molar-refractivity contribution >= 4 is 23.3 Å². The Hall–Kier alpha value is -3.03. The van der Waals surface area contributed by atoms with Gasteiger partial charge in [-0.25, -0.2) is 4.79 Å². The van der Waals surface area contributed by atoms with Gasteiger partial charge in [0.05, 0.1) is 11.3 Å². The van der Waals surface area contributed by atoms with Gasteiger partial charge < -0.3 is 16.0 Å². The zero-order chi connectivity index (χ0) is 21.6. The van der Waals surface area contributed by atoms with E-state index in [1.807, 2.05) is 0 Å². The molecule has 5 nitrogen and oxygen atoms in total. The van der Waals surface area contributed by atoms with E-state index >= 15 is 0 Å². The van der Waals surface area contributed by atoms with E-state index in [4.69, 9.17) is 0 Å². The molecule has 3 N–H and O–H groups in total. The molecule has 0 bridgehead atoms. The highest BCUT2D eigenvalue weighted by Gasteiger charge is 2.34. The van der Waals surface area contributed by atoms with Crippen LogP contribution in [0.2, 0.25) is 0 Å². The van der Waals surface area contributed by atoms with Crippen molar-refractivity contribution in [3.05, 3.63) is 59.7 Å². The highest BCUT2D eigenvalue weighted by molar-refractivity contribution is 6.04. The molecule has 1 aliphatic carbocycles. The summed E-state index contributed by atoms with van der Waals surface area (Å²) in [6.07, 6.45) is 1.15. The molecule has 0 heterocycles. The van der Waals surface area contributed by atoms with Gasteiger partial charge in [-0.3, -0.25) is 4.79 Å². The molecule has 0 aliphatic heterocycles. The van der Waals surface area contributed by atoms with E-state index in [9.17, 15) is 22.8 Å². The van der Waals surface area contributed by atoms with Gasteiger partial charge in [0.25, 0.3) is 5.91 Å². The number of carbonyl (C=O) groups is 2. The van der Waals surface area contributed by atoms with Gasteiger partial charge in [0.2, 0.25) is 0 Å². The van der Waals surface area contributed by atoms with Crippen LogP contribution < -0.4 is 16.0 Å². The van der Waals surface area contributed by atoms with E-state index < -0.39 is 23.7 Å². The Balaban J connectivity index is 1.72. The van der Waals surface area contributed by atoms with Gasteiger partial charge in [-0.05, 0) is 43.2 Å². The Bertz CT molecular complexity index is 877. The fourth-order valence-electron chi connectivity index (χ4n) is 3.53. The first-order valence-electron chi connectivity index (χ1n) is 9.98. The third kappa shape index (κ3) is 5.98. The number of hydrogen-bond acceptors (Lipinski definition) is 2. The lowest BCUT2D eigenvalue weighted by atomic mass is 10.1. The Morgan fingerprint density at radius 3 is 2.17 bits per heavy atom.